The van der Waals surface area contributed by atoms with Gasteiger partial charge in [-0.2, -0.15) is 0 Å². The van der Waals surface area contributed by atoms with Gasteiger partial charge in [-0.1, -0.05) is 18.2 Å². The van der Waals surface area contributed by atoms with E-state index >= 15 is 0 Å². The van der Waals surface area contributed by atoms with Gasteiger partial charge in [0.25, 0.3) is 0 Å². The quantitative estimate of drug-likeness (QED) is 0.809. The van der Waals surface area contributed by atoms with Crippen molar-refractivity contribution in [1.82, 2.24) is 10.2 Å². The second-order valence-corrected chi connectivity index (χ2v) is 6.87. The molecule has 1 aromatic heterocycles. The second-order valence-electron chi connectivity index (χ2n) is 5.84. The number of nitrogens with zero attached hydrogens (tertiary/aromatic N) is 1. The molecule has 23 heavy (non-hydrogen) atoms. The summed E-state index contributed by atoms with van der Waals surface area (Å²) in [5, 5.41) is 5.04. The van der Waals surface area contributed by atoms with Crippen LogP contribution < -0.4 is 10.1 Å². The van der Waals surface area contributed by atoms with Gasteiger partial charge < -0.3 is 10.1 Å². The van der Waals surface area contributed by atoms with Crippen LogP contribution in [0.2, 0.25) is 0 Å². The molecule has 1 heterocycles. The summed E-state index contributed by atoms with van der Waals surface area (Å²) in [6.07, 6.45) is 2.38. The van der Waals surface area contributed by atoms with Crippen molar-refractivity contribution in [3.63, 3.8) is 0 Å². The van der Waals surface area contributed by atoms with E-state index < -0.39 is 0 Å². The molecule has 0 atom stereocenters. The zero-order valence-corrected chi connectivity index (χ0v) is 14.1. The number of hydrogen-bond donors (Lipinski definition) is 1. The van der Waals surface area contributed by atoms with Crippen molar-refractivity contribution in [2.45, 2.75) is 32.0 Å². The van der Waals surface area contributed by atoms with Gasteiger partial charge in [-0.3, -0.25) is 9.69 Å². The van der Waals surface area contributed by atoms with Crippen molar-refractivity contribution in [3.8, 4) is 5.75 Å². The minimum absolute atomic E-state index is 0.0961. The Kier molecular flexibility index (Phi) is 5.31. The van der Waals surface area contributed by atoms with E-state index in [2.05, 4.69) is 22.3 Å². The number of hydrogen-bond acceptors (Lipinski definition) is 4. The SMILES string of the molecule is COc1ccc(CN(CC(=O)NCc2cccs2)C2CC2)cc1. The normalized spacial score (nSPS) is 14.0. The highest BCUT2D eigenvalue weighted by Gasteiger charge is 2.30. The summed E-state index contributed by atoms with van der Waals surface area (Å²) in [6.45, 7) is 1.89. The fourth-order valence-electron chi connectivity index (χ4n) is 2.56. The van der Waals surface area contributed by atoms with Crippen LogP contribution in [0.1, 0.15) is 23.3 Å². The summed E-state index contributed by atoms with van der Waals surface area (Å²) in [4.78, 5) is 15.7. The number of carbonyl (C=O) groups excluding carboxylic acids is 1. The number of thiophene rings is 1. The molecule has 0 bridgehead atoms. The van der Waals surface area contributed by atoms with Gasteiger partial charge in [0, 0.05) is 17.5 Å². The van der Waals surface area contributed by atoms with Gasteiger partial charge in [-0.15, -0.1) is 11.3 Å². The van der Waals surface area contributed by atoms with Gasteiger partial charge in [0.1, 0.15) is 5.75 Å². The molecule has 0 saturated heterocycles. The highest BCUT2D eigenvalue weighted by Crippen LogP contribution is 2.28. The largest absolute Gasteiger partial charge is 0.497 e. The Morgan fingerprint density at radius 2 is 2.09 bits per heavy atom. The number of carbonyl (C=O) groups is 1. The molecule has 1 fully saturated rings. The molecule has 1 saturated carbocycles. The van der Waals surface area contributed by atoms with Crippen LogP contribution in [0, 0.1) is 0 Å². The minimum Gasteiger partial charge on any atom is -0.497 e. The summed E-state index contributed by atoms with van der Waals surface area (Å²) >= 11 is 1.67. The molecule has 0 spiro atoms. The fraction of sp³-hybridized carbons (Fsp3) is 0.389. The van der Waals surface area contributed by atoms with Crippen molar-refractivity contribution >= 4 is 17.2 Å². The van der Waals surface area contributed by atoms with Crippen LogP contribution in [0.15, 0.2) is 41.8 Å². The topological polar surface area (TPSA) is 41.6 Å². The lowest BCUT2D eigenvalue weighted by Crippen LogP contribution is -2.37. The zero-order valence-electron chi connectivity index (χ0n) is 13.3. The van der Waals surface area contributed by atoms with Crippen LogP contribution in [0.5, 0.6) is 5.75 Å². The first-order valence-corrected chi connectivity index (χ1v) is 8.78. The molecular weight excluding hydrogens is 308 g/mol. The van der Waals surface area contributed by atoms with Crippen LogP contribution >= 0.6 is 11.3 Å². The van der Waals surface area contributed by atoms with Crippen molar-refractivity contribution < 1.29 is 9.53 Å². The third-order valence-corrected chi connectivity index (χ3v) is 4.87. The summed E-state index contributed by atoms with van der Waals surface area (Å²) in [7, 11) is 1.67. The number of methoxy groups -OCH3 is 1. The Bertz CT molecular complexity index is 621. The third-order valence-electron chi connectivity index (χ3n) is 3.99. The maximum absolute atomic E-state index is 12.2. The number of amides is 1. The van der Waals surface area contributed by atoms with Gasteiger partial charge in [-0.05, 0) is 42.0 Å². The average molecular weight is 330 g/mol. The summed E-state index contributed by atoms with van der Waals surface area (Å²) in [5.41, 5.74) is 1.21. The van der Waals surface area contributed by atoms with E-state index in [1.54, 1.807) is 18.4 Å². The molecule has 5 heteroatoms. The maximum atomic E-state index is 12.2. The standard InChI is InChI=1S/C18H22N2O2S/c1-22-16-8-4-14(5-9-16)12-20(15-6-7-15)13-18(21)19-11-17-3-2-10-23-17/h2-5,8-10,15H,6-7,11-13H2,1H3,(H,19,21). The molecule has 1 N–H and O–H groups in total. The molecule has 0 radical (unpaired) electrons. The molecule has 1 aromatic carbocycles. The maximum Gasteiger partial charge on any atom is 0.234 e. The lowest BCUT2D eigenvalue weighted by Gasteiger charge is -2.21. The molecule has 0 unspecified atom stereocenters. The lowest BCUT2D eigenvalue weighted by molar-refractivity contribution is -0.122. The van der Waals surface area contributed by atoms with Crippen LogP contribution in [-0.4, -0.2) is 30.5 Å². The Labute approximate surface area is 141 Å². The van der Waals surface area contributed by atoms with Crippen molar-refractivity contribution in [2.75, 3.05) is 13.7 Å². The molecule has 1 aliphatic carbocycles. The molecule has 4 nitrogen and oxygen atoms in total. The Morgan fingerprint density at radius 1 is 1.30 bits per heavy atom. The fourth-order valence-corrected chi connectivity index (χ4v) is 3.20. The van der Waals surface area contributed by atoms with E-state index in [0.717, 1.165) is 12.3 Å². The van der Waals surface area contributed by atoms with Crippen LogP contribution in [-0.2, 0) is 17.9 Å². The van der Waals surface area contributed by atoms with Crippen LogP contribution in [0.4, 0.5) is 0 Å². The van der Waals surface area contributed by atoms with E-state index in [4.69, 9.17) is 4.74 Å². The first-order valence-electron chi connectivity index (χ1n) is 7.90. The number of ether oxygens (including phenoxy) is 1. The first-order chi connectivity index (χ1) is 11.2. The van der Waals surface area contributed by atoms with Gasteiger partial charge in [-0.25, -0.2) is 0 Å². The molecule has 0 aliphatic heterocycles. The van der Waals surface area contributed by atoms with E-state index in [1.165, 1.54) is 23.3 Å². The second kappa shape index (κ2) is 7.62. The molecule has 122 valence electrons. The van der Waals surface area contributed by atoms with Crippen LogP contribution in [0.3, 0.4) is 0 Å². The molecular formula is C18H22N2O2S. The van der Waals surface area contributed by atoms with Gasteiger partial charge in [0.15, 0.2) is 0 Å². The van der Waals surface area contributed by atoms with E-state index in [1.807, 2.05) is 29.6 Å². The monoisotopic (exact) mass is 330 g/mol. The Morgan fingerprint density at radius 3 is 2.70 bits per heavy atom. The lowest BCUT2D eigenvalue weighted by atomic mass is 10.2. The Balaban J connectivity index is 1.52. The molecule has 3 rings (SSSR count). The molecule has 1 amide bonds. The molecule has 2 aromatic rings. The minimum atomic E-state index is 0.0961. The predicted molar refractivity (Wildman–Crippen MR) is 92.6 cm³/mol. The van der Waals surface area contributed by atoms with E-state index in [9.17, 15) is 4.79 Å². The van der Waals surface area contributed by atoms with Crippen molar-refractivity contribution in [1.29, 1.82) is 0 Å². The van der Waals surface area contributed by atoms with Crippen molar-refractivity contribution in [2.24, 2.45) is 0 Å². The summed E-state index contributed by atoms with van der Waals surface area (Å²) < 4.78 is 5.19. The summed E-state index contributed by atoms with van der Waals surface area (Å²) in [5.74, 6) is 0.958. The van der Waals surface area contributed by atoms with Crippen LogP contribution in [0.25, 0.3) is 0 Å². The van der Waals surface area contributed by atoms with Crippen molar-refractivity contribution in [3.05, 3.63) is 52.2 Å². The smallest absolute Gasteiger partial charge is 0.234 e. The van der Waals surface area contributed by atoms with Gasteiger partial charge in [0.2, 0.25) is 5.91 Å². The average Bonchev–Trinajstić information content (AvgIpc) is 3.29. The number of rotatable bonds is 8. The zero-order chi connectivity index (χ0) is 16.1. The first kappa shape index (κ1) is 16.0. The van der Waals surface area contributed by atoms with Gasteiger partial charge >= 0.3 is 0 Å². The number of benzene rings is 1. The highest BCUT2D eigenvalue weighted by atomic mass is 32.1. The predicted octanol–water partition coefficient (Wildman–Crippen LogP) is 3.04. The van der Waals surface area contributed by atoms with E-state index in [0.29, 0.717) is 19.1 Å². The van der Waals surface area contributed by atoms with E-state index in [-0.39, 0.29) is 5.91 Å². The highest BCUT2D eigenvalue weighted by molar-refractivity contribution is 7.09. The Hall–Kier alpha value is -1.85. The third kappa shape index (κ3) is 4.81. The van der Waals surface area contributed by atoms with Gasteiger partial charge in [0.05, 0.1) is 20.2 Å². The summed E-state index contributed by atoms with van der Waals surface area (Å²) in [6, 6.07) is 12.7. The number of nitrogens with one attached hydrogen (secondary N) is 1. The molecule has 1 aliphatic rings.